The van der Waals surface area contributed by atoms with E-state index in [0.29, 0.717) is 0 Å². The second-order valence-corrected chi connectivity index (χ2v) is 18.7. The van der Waals surface area contributed by atoms with Crippen molar-refractivity contribution in [2.45, 2.75) is 5.41 Å². The maximum Gasteiger partial charge on any atom is 0.136 e. The van der Waals surface area contributed by atoms with Crippen molar-refractivity contribution in [2.24, 2.45) is 0 Å². The summed E-state index contributed by atoms with van der Waals surface area (Å²) in [6.07, 6.45) is 0. The van der Waals surface area contributed by atoms with Crippen LogP contribution in [0.5, 0.6) is 0 Å². The maximum atomic E-state index is 6.42. The van der Waals surface area contributed by atoms with Gasteiger partial charge in [0.15, 0.2) is 0 Å². The smallest absolute Gasteiger partial charge is 0.136 e. The van der Waals surface area contributed by atoms with Crippen LogP contribution < -0.4 is 0 Å². The Bertz CT molecular complexity index is 4360. The van der Waals surface area contributed by atoms with Crippen LogP contribution in [0.1, 0.15) is 22.3 Å². The van der Waals surface area contributed by atoms with Crippen molar-refractivity contribution in [1.82, 2.24) is 0 Å². The van der Waals surface area contributed by atoms with Gasteiger partial charge < -0.3 is 8.83 Å². The van der Waals surface area contributed by atoms with E-state index in [0.717, 1.165) is 55.0 Å². The molecule has 2 nitrogen and oxygen atoms in total. The molecule has 2 heterocycles. The molecule has 69 heavy (non-hydrogen) atoms. The van der Waals surface area contributed by atoms with Crippen molar-refractivity contribution in [3.8, 4) is 44.5 Å². The van der Waals surface area contributed by atoms with Crippen molar-refractivity contribution < 1.29 is 8.83 Å². The highest BCUT2D eigenvalue weighted by atomic mass is 16.3. The summed E-state index contributed by atoms with van der Waals surface area (Å²) in [6.45, 7) is 0. The van der Waals surface area contributed by atoms with Crippen LogP contribution in [0, 0.1) is 0 Å². The first kappa shape index (κ1) is 38.2. The van der Waals surface area contributed by atoms with Gasteiger partial charge in [-0.05, 0) is 148 Å². The van der Waals surface area contributed by atoms with Gasteiger partial charge in [-0.15, -0.1) is 0 Å². The molecule has 0 radical (unpaired) electrons. The molecule has 0 fully saturated rings. The summed E-state index contributed by atoms with van der Waals surface area (Å²) in [5, 5.41) is 11.8. The number of hydrogen-bond acceptors (Lipinski definition) is 2. The van der Waals surface area contributed by atoms with Gasteiger partial charge in [0.1, 0.15) is 22.3 Å². The van der Waals surface area contributed by atoms with E-state index in [1.165, 1.54) is 88.0 Å². The molecule has 0 atom stereocenters. The molecule has 14 aromatic rings. The lowest BCUT2D eigenvalue weighted by atomic mass is 9.67. The van der Waals surface area contributed by atoms with Crippen molar-refractivity contribution >= 4 is 76.2 Å². The zero-order valence-electron chi connectivity index (χ0n) is 37.4. The molecule has 2 aromatic heterocycles. The molecule has 0 bridgehead atoms. The highest BCUT2D eigenvalue weighted by Gasteiger charge is 2.46. The van der Waals surface area contributed by atoms with Crippen LogP contribution in [-0.4, -0.2) is 0 Å². The Labute approximate surface area is 397 Å². The normalized spacial score (nSPS) is 13.0. The number of rotatable bonds is 5. The molecule has 1 aliphatic carbocycles. The molecular formula is C67H40O2. The number of hydrogen-bond donors (Lipinski definition) is 0. The molecule has 0 spiro atoms. The van der Waals surface area contributed by atoms with Gasteiger partial charge in [0.05, 0.1) is 5.41 Å². The van der Waals surface area contributed by atoms with E-state index in [2.05, 4.69) is 231 Å². The van der Waals surface area contributed by atoms with Gasteiger partial charge in [0.2, 0.25) is 0 Å². The molecule has 0 saturated carbocycles. The van der Waals surface area contributed by atoms with Gasteiger partial charge in [-0.25, -0.2) is 0 Å². The predicted octanol–water partition coefficient (Wildman–Crippen LogP) is 18.3. The standard InChI is InChI=1S/C67H40O2/c1-3-17-46(18-4-1)67(47-19-5-2-6-20-47)60-26-11-9-24-54(60)66-48(25-14-27-61(66)67)45-30-33-52-51-32-29-43(36-55(51)49-21-7-8-22-50(49)56(52)38-45)41-15-13-16-42(35-41)44-31-34-63-57(37-44)59-40-64-58(39-65(59)69-63)53-23-10-12-28-62(53)68-64/h1-40H. The number of para-hydroxylation sites is 1. The third-order valence-corrected chi connectivity index (χ3v) is 15.1. The Hall–Kier alpha value is -8.98. The third-order valence-electron chi connectivity index (χ3n) is 15.1. The molecule has 0 saturated heterocycles. The lowest BCUT2D eigenvalue weighted by molar-refractivity contribution is 0.664. The van der Waals surface area contributed by atoms with Crippen LogP contribution >= 0.6 is 0 Å². The molecule has 0 aliphatic heterocycles. The minimum absolute atomic E-state index is 0.451. The van der Waals surface area contributed by atoms with E-state index in [1.54, 1.807) is 0 Å². The van der Waals surface area contributed by atoms with Gasteiger partial charge in [-0.3, -0.25) is 0 Å². The van der Waals surface area contributed by atoms with Crippen LogP contribution in [0.25, 0.3) is 121 Å². The SMILES string of the molecule is c1ccc(C2(c3ccccc3)c3ccccc3-c3c(-c4ccc5c6ccc(-c7cccc(-c8ccc9oc%10cc%11c(cc%10c9c8)oc8ccccc8%11)c7)cc6c6ccccc6c5c4)cccc32)cc1. The van der Waals surface area contributed by atoms with Gasteiger partial charge in [0.25, 0.3) is 0 Å². The minimum atomic E-state index is -0.451. The van der Waals surface area contributed by atoms with Gasteiger partial charge in [-0.1, -0.05) is 194 Å². The van der Waals surface area contributed by atoms with Crippen LogP contribution in [0.15, 0.2) is 251 Å². The molecule has 15 rings (SSSR count). The van der Waals surface area contributed by atoms with Crippen LogP contribution in [-0.2, 0) is 5.41 Å². The van der Waals surface area contributed by atoms with E-state index in [9.17, 15) is 0 Å². The predicted molar refractivity (Wildman–Crippen MR) is 287 cm³/mol. The van der Waals surface area contributed by atoms with Crippen molar-refractivity contribution in [2.75, 3.05) is 0 Å². The average Bonchev–Trinajstić information content (AvgIpc) is 4.08. The fourth-order valence-corrected chi connectivity index (χ4v) is 12.1. The van der Waals surface area contributed by atoms with Crippen molar-refractivity contribution in [3.63, 3.8) is 0 Å². The van der Waals surface area contributed by atoms with E-state index in [1.807, 2.05) is 12.1 Å². The summed E-state index contributed by atoms with van der Waals surface area (Å²) in [6, 6.07) is 89.1. The molecule has 320 valence electrons. The lowest BCUT2D eigenvalue weighted by Gasteiger charge is -2.34. The topological polar surface area (TPSA) is 26.3 Å². The summed E-state index contributed by atoms with van der Waals surface area (Å²) in [5.41, 5.74) is 18.0. The number of benzene rings is 12. The van der Waals surface area contributed by atoms with Gasteiger partial charge >= 0.3 is 0 Å². The second kappa shape index (κ2) is 14.5. The Morgan fingerprint density at radius 3 is 1.38 bits per heavy atom. The quantitative estimate of drug-likeness (QED) is 0.161. The highest BCUT2D eigenvalue weighted by Crippen LogP contribution is 2.58. The van der Waals surface area contributed by atoms with E-state index < -0.39 is 5.41 Å². The Morgan fingerprint density at radius 2 is 0.681 bits per heavy atom. The Kier molecular flexibility index (Phi) is 8.02. The monoisotopic (exact) mass is 876 g/mol. The first-order chi connectivity index (χ1) is 34.2. The third kappa shape index (κ3) is 5.49. The maximum absolute atomic E-state index is 6.42. The molecule has 2 heteroatoms. The van der Waals surface area contributed by atoms with E-state index in [4.69, 9.17) is 8.83 Å². The fraction of sp³-hybridized carbons (Fsp3) is 0.0149. The van der Waals surface area contributed by atoms with Gasteiger partial charge in [-0.2, -0.15) is 0 Å². The minimum Gasteiger partial charge on any atom is -0.456 e. The first-order valence-electron chi connectivity index (χ1n) is 23.8. The Balaban J connectivity index is 0.852. The zero-order chi connectivity index (χ0) is 45.2. The number of furan rings is 2. The van der Waals surface area contributed by atoms with Crippen LogP contribution in [0.4, 0.5) is 0 Å². The highest BCUT2D eigenvalue weighted by molar-refractivity contribution is 6.26. The first-order valence-corrected chi connectivity index (χ1v) is 23.8. The fourth-order valence-electron chi connectivity index (χ4n) is 12.1. The summed E-state index contributed by atoms with van der Waals surface area (Å²) in [5.74, 6) is 0. The van der Waals surface area contributed by atoms with E-state index in [-0.39, 0.29) is 0 Å². The van der Waals surface area contributed by atoms with E-state index >= 15 is 0 Å². The van der Waals surface area contributed by atoms with Crippen LogP contribution in [0.3, 0.4) is 0 Å². The van der Waals surface area contributed by atoms with Crippen molar-refractivity contribution in [3.05, 3.63) is 265 Å². The van der Waals surface area contributed by atoms with Gasteiger partial charge in [0, 0.05) is 21.5 Å². The lowest BCUT2D eigenvalue weighted by Crippen LogP contribution is -2.28. The zero-order valence-corrected chi connectivity index (χ0v) is 37.4. The molecule has 0 amide bonds. The Morgan fingerprint density at radius 1 is 0.232 bits per heavy atom. The van der Waals surface area contributed by atoms with Crippen LogP contribution in [0.2, 0.25) is 0 Å². The second-order valence-electron chi connectivity index (χ2n) is 18.7. The molecule has 1 aliphatic rings. The molecular weight excluding hydrogens is 837 g/mol. The largest absolute Gasteiger partial charge is 0.456 e. The molecule has 12 aromatic carbocycles. The summed E-state index contributed by atoms with van der Waals surface area (Å²) in [7, 11) is 0. The number of fused-ring (bicyclic) bond motifs is 15. The van der Waals surface area contributed by atoms with Crippen molar-refractivity contribution in [1.29, 1.82) is 0 Å². The summed E-state index contributed by atoms with van der Waals surface area (Å²) >= 11 is 0. The average molecular weight is 877 g/mol. The summed E-state index contributed by atoms with van der Waals surface area (Å²) in [4.78, 5) is 0. The molecule has 0 unspecified atom stereocenters. The molecule has 0 N–H and O–H groups in total. The summed E-state index contributed by atoms with van der Waals surface area (Å²) < 4.78 is 12.7.